The van der Waals surface area contributed by atoms with E-state index in [1.807, 2.05) is 37.9 Å². The highest BCUT2D eigenvalue weighted by atomic mass is 16.5. The summed E-state index contributed by atoms with van der Waals surface area (Å²) in [7, 11) is 1.86. The van der Waals surface area contributed by atoms with Crippen molar-refractivity contribution < 1.29 is 9.53 Å². The Morgan fingerprint density at radius 2 is 2.17 bits per heavy atom. The molecule has 3 N–H and O–H groups in total. The smallest absolute Gasteiger partial charge is 0.239 e. The predicted octanol–water partition coefficient (Wildman–Crippen LogP) is 1.24. The summed E-state index contributed by atoms with van der Waals surface area (Å²) in [6.45, 7) is 5.31. The molecule has 100 valence electrons. The van der Waals surface area contributed by atoms with Crippen molar-refractivity contribution >= 4 is 17.3 Å². The number of nitrogens with two attached hydrogens (primary N) is 1. The number of carbonyl (C=O) groups is 1. The van der Waals surface area contributed by atoms with Gasteiger partial charge in [-0.1, -0.05) is 0 Å². The molecule has 18 heavy (non-hydrogen) atoms. The fourth-order valence-corrected chi connectivity index (χ4v) is 1.60. The van der Waals surface area contributed by atoms with Crippen LogP contribution in [0.5, 0.6) is 5.75 Å². The van der Waals surface area contributed by atoms with E-state index in [0.29, 0.717) is 31.1 Å². The molecule has 0 saturated carbocycles. The van der Waals surface area contributed by atoms with E-state index in [2.05, 4.69) is 5.32 Å². The number of hydrogen-bond donors (Lipinski definition) is 2. The van der Waals surface area contributed by atoms with Crippen molar-refractivity contribution in [2.45, 2.75) is 13.8 Å². The van der Waals surface area contributed by atoms with E-state index >= 15 is 0 Å². The number of ether oxygens (including phenoxy) is 1. The maximum atomic E-state index is 11.5. The number of amides is 1. The number of hydrogen-bond acceptors (Lipinski definition) is 4. The van der Waals surface area contributed by atoms with Crippen LogP contribution < -0.4 is 20.7 Å². The average Bonchev–Trinajstić information content (AvgIpc) is 2.32. The molecule has 0 radical (unpaired) electrons. The predicted molar refractivity (Wildman–Crippen MR) is 74.0 cm³/mol. The number of likely N-dealkylation sites (N-methyl/N-ethyl adjacent to an activating group) is 2. The first kappa shape index (κ1) is 14.2. The number of carbonyl (C=O) groups excluding carboxylic acids is 1. The molecule has 0 aromatic heterocycles. The van der Waals surface area contributed by atoms with Crippen molar-refractivity contribution in [3.8, 4) is 5.75 Å². The van der Waals surface area contributed by atoms with E-state index < -0.39 is 0 Å². The maximum Gasteiger partial charge on any atom is 0.239 e. The topological polar surface area (TPSA) is 67.6 Å². The molecular weight excluding hydrogens is 230 g/mol. The monoisotopic (exact) mass is 251 g/mol. The van der Waals surface area contributed by atoms with E-state index in [0.717, 1.165) is 5.69 Å². The number of anilines is 2. The molecule has 0 bridgehead atoms. The summed E-state index contributed by atoms with van der Waals surface area (Å²) in [5.41, 5.74) is 7.31. The van der Waals surface area contributed by atoms with Crippen LogP contribution in [0.3, 0.4) is 0 Å². The minimum atomic E-state index is -0.00483. The van der Waals surface area contributed by atoms with Gasteiger partial charge in [0.05, 0.1) is 18.8 Å². The van der Waals surface area contributed by atoms with Gasteiger partial charge in [-0.2, -0.15) is 0 Å². The van der Waals surface area contributed by atoms with Crippen LogP contribution in [0.15, 0.2) is 18.2 Å². The van der Waals surface area contributed by atoms with Gasteiger partial charge in [0.25, 0.3) is 0 Å². The van der Waals surface area contributed by atoms with E-state index in [4.69, 9.17) is 10.5 Å². The third kappa shape index (κ3) is 3.84. The first-order valence-corrected chi connectivity index (χ1v) is 6.08. The summed E-state index contributed by atoms with van der Waals surface area (Å²) in [5, 5.41) is 2.76. The van der Waals surface area contributed by atoms with Gasteiger partial charge in [0.2, 0.25) is 5.91 Å². The third-order valence-electron chi connectivity index (χ3n) is 2.49. The number of benzene rings is 1. The summed E-state index contributed by atoms with van der Waals surface area (Å²) in [5.74, 6) is 0.646. The van der Waals surface area contributed by atoms with Crippen LogP contribution in [0, 0.1) is 0 Å². The lowest BCUT2D eigenvalue weighted by molar-refractivity contribution is -0.119. The van der Waals surface area contributed by atoms with Gasteiger partial charge >= 0.3 is 0 Å². The van der Waals surface area contributed by atoms with Crippen LogP contribution in [0.4, 0.5) is 11.4 Å². The highest BCUT2D eigenvalue weighted by molar-refractivity contribution is 5.81. The summed E-state index contributed by atoms with van der Waals surface area (Å²) in [4.78, 5) is 13.3. The lowest BCUT2D eigenvalue weighted by Crippen LogP contribution is -2.34. The van der Waals surface area contributed by atoms with Crippen LogP contribution in [0.25, 0.3) is 0 Å². The standard InChI is InChI=1S/C13H21N3O2/c1-4-15-13(17)9-16(3)10-6-7-11(14)12(8-10)18-5-2/h6-8H,4-5,9,14H2,1-3H3,(H,15,17). The number of nitrogen functional groups attached to an aromatic ring is 1. The molecule has 0 fully saturated rings. The Bertz CT molecular complexity index is 407. The summed E-state index contributed by atoms with van der Waals surface area (Å²) in [6.07, 6.45) is 0. The van der Waals surface area contributed by atoms with E-state index in [1.165, 1.54) is 0 Å². The molecule has 1 aromatic rings. The Hall–Kier alpha value is -1.91. The Labute approximate surface area is 108 Å². The molecule has 0 aliphatic carbocycles. The SMILES string of the molecule is CCNC(=O)CN(C)c1ccc(N)c(OCC)c1. The fraction of sp³-hybridized carbons (Fsp3) is 0.462. The van der Waals surface area contributed by atoms with Gasteiger partial charge in [-0.05, 0) is 26.0 Å². The van der Waals surface area contributed by atoms with Crippen molar-refractivity contribution in [2.24, 2.45) is 0 Å². The van der Waals surface area contributed by atoms with Gasteiger partial charge in [-0.25, -0.2) is 0 Å². The van der Waals surface area contributed by atoms with Gasteiger partial charge in [-0.15, -0.1) is 0 Å². The van der Waals surface area contributed by atoms with Crippen LogP contribution >= 0.6 is 0 Å². The van der Waals surface area contributed by atoms with Gasteiger partial charge < -0.3 is 20.7 Å². The van der Waals surface area contributed by atoms with Crippen molar-refractivity contribution in [1.82, 2.24) is 5.32 Å². The van der Waals surface area contributed by atoms with Crippen LogP contribution in [0.2, 0.25) is 0 Å². The van der Waals surface area contributed by atoms with Crippen LogP contribution in [0.1, 0.15) is 13.8 Å². The third-order valence-corrected chi connectivity index (χ3v) is 2.49. The van der Waals surface area contributed by atoms with E-state index in [1.54, 1.807) is 6.07 Å². The Morgan fingerprint density at radius 3 is 2.78 bits per heavy atom. The maximum absolute atomic E-state index is 11.5. The molecule has 0 heterocycles. The quantitative estimate of drug-likeness (QED) is 0.746. The Morgan fingerprint density at radius 1 is 1.44 bits per heavy atom. The highest BCUT2D eigenvalue weighted by Gasteiger charge is 2.09. The summed E-state index contributed by atoms with van der Waals surface area (Å²) < 4.78 is 5.43. The summed E-state index contributed by atoms with van der Waals surface area (Å²) >= 11 is 0. The molecule has 0 aliphatic heterocycles. The Balaban J connectivity index is 2.76. The van der Waals surface area contributed by atoms with Crippen molar-refractivity contribution in [3.63, 3.8) is 0 Å². The molecule has 5 nitrogen and oxygen atoms in total. The lowest BCUT2D eigenvalue weighted by atomic mass is 10.2. The van der Waals surface area contributed by atoms with Gasteiger partial charge in [0.15, 0.2) is 0 Å². The minimum absolute atomic E-state index is 0.00483. The Kier molecular flexibility index (Phi) is 5.30. The second-order valence-corrected chi connectivity index (χ2v) is 3.96. The molecule has 0 atom stereocenters. The molecular formula is C13H21N3O2. The molecule has 5 heteroatoms. The normalized spacial score (nSPS) is 9.94. The largest absolute Gasteiger partial charge is 0.492 e. The number of nitrogens with zero attached hydrogens (tertiary/aromatic N) is 1. The number of rotatable bonds is 6. The number of nitrogens with one attached hydrogen (secondary N) is 1. The van der Waals surface area contributed by atoms with E-state index in [9.17, 15) is 4.79 Å². The first-order valence-electron chi connectivity index (χ1n) is 6.08. The second-order valence-electron chi connectivity index (χ2n) is 3.96. The van der Waals surface area contributed by atoms with Crippen molar-refractivity contribution in [3.05, 3.63) is 18.2 Å². The minimum Gasteiger partial charge on any atom is -0.492 e. The van der Waals surface area contributed by atoms with Crippen molar-refractivity contribution in [2.75, 3.05) is 37.4 Å². The van der Waals surface area contributed by atoms with Gasteiger partial charge in [-0.3, -0.25) is 4.79 Å². The molecule has 0 spiro atoms. The summed E-state index contributed by atoms with van der Waals surface area (Å²) in [6, 6.07) is 5.50. The van der Waals surface area contributed by atoms with Crippen LogP contribution in [-0.2, 0) is 4.79 Å². The average molecular weight is 251 g/mol. The molecule has 0 aliphatic rings. The zero-order chi connectivity index (χ0) is 13.5. The molecule has 0 saturated heterocycles. The first-order chi connectivity index (χ1) is 8.58. The van der Waals surface area contributed by atoms with Crippen molar-refractivity contribution in [1.29, 1.82) is 0 Å². The molecule has 1 aromatic carbocycles. The highest BCUT2D eigenvalue weighted by Crippen LogP contribution is 2.27. The zero-order valence-corrected chi connectivity index (χ0v) is 11.2. The van der Waals surface area contributed by atoms with Gasteiger partial charge in [0.1, 0.15) is 5.75 Å². The second kappa shape index (κ2) is 6.74. The van der Waals surface area contributed by atoms with E-state index in [-0.39, 0.29) is 5.91 Å². The molecule has 1 rings (SSSR count). The lowest BCUT2D eigenvalue weighted by Gasteiger charge is -2.20. The van der Waals surface area contributed by atoms with Gasteiger partial charge in [0, 0.05) is 25.3 Å². The zero-order valence-electron chi connectivity index (χ0n) is 11.2. The van der Waals surface area contributed by atoms with Crippen LogP contribution in [-0.4, -0.2) is 32.7 Å². The molecule has 0 unspecified atom stereocenters. The fourth-order valence-electron chi connectivity index (χ4n) is 1.60. The molecule has 1 amide bonds.